The molecule has 4 heteroatoms. The van der Waals surface area contributed by atoms with Crippen molar-refractivity contribution < 1.29 is 4.92 Å². The number of allylic oxidation sites excluding steroid dienone is 1. The molecule has 0 unspecified atom stereocenters. The van der Waals surface area contributed by atoms with Crippen LogP contribution in [-0.4, -0.2) is 9.91 Å². The lowest BCUT2D eigenvalue weighted by atomic mass is 10.2. The number of aromatic nitrogens is 1. The molecule has 12 heavy (non-hydrogen) atoms. The van der Waals surface area contributed by atoms with Gasteiger partial charge >= 0.3 is 5.82 Å². The number of rotatable bonds is 2. The first-order valence-electron chi connectivity index (χ1n) is 3.38. The Labute approximate surface area is 69.7 Å². The highest BCUT2D eigenvalue weighted by molar-refractivity contribution is 5.58. The molecule has 4 nitrogen and oxygen atoms in total. The molecule has 0 N–H and O–H groups in total. The van der Waals surface area contributed by atoms with Crippen molar-refractivity contribution in [2.45, 2.75) is 6.92 Å². The van der Waals surface area contributed by atoms with Crippen LogP contribution in [0.4, 0.5) is 5.82 Å². The standard InChI is InChI=1S/C8H8N2O2/c1-6(2)7-4-3-5-8(9-7)10(11)12/h3-5H,1H2,2H3. The van der Waals surface area contributed by atoms with Crippen molar-refractivity contribution in [3.8, 4) is 0 Å². The highest BCUT2D eigenvalue weighted by Crippen LogP contribution is 2.12. The Balaban J connectivity index is 3.12. The average Bonchev–Trinajstić information content (AvgIpc) is 2.04. The fraction of sp³-hybridized carbons (Fsp3) is 0.125. The lowest BCUT2D eigenvalue weighted by molar-refractivity contribution is -0.389. The molecule has 0 saturated carbocycles. The molecule has 0 bridgehead atoms. The molecule has 0 spiro atoms. The van der Waals surface area contributed by atoms with E-state index >= 15 is 0 Å². The minimum absolute atomic E-state index is 0.143. The molecule has 0 aliphatic carbocycles. The van der Waals surface area contributed by atoms with Gasteiger partial charge in [-0.1, -0.05) is 6.58 Å². The van der Waals surface area contributed by atoms with Gasteiger partial charge in [0.25, 0.3) is 0 Å². The Morgan fingerprint density at radius 3 is 2.83 bits per heavy atom. The van der Waals surface area contributed by atoms with E-state index in [1.54, 1.807) is 19.1 Å². The molecule has 1 rings (SSSR count). The predicted molar refractivity (Wildman–Crippen MR) is 45.6 cm³/mol. The van der Waals surface area contributed by atoms with Gasteiger partial charge in [-0.2, -0.15) is 0 Å². The molecule has 1 aromatic rings. The average molecular weight is 164 g/mol. The molecule has 0 radical (unpaired) electrons. The van der Waals surface area contributed by atoms with Gasteiger partial charge in [0.05, 0.1) is 0 Å². The summed E-state index contributed by atoms with van der Waals surface area (Å²) in [5.41, 5.74) is 1.28. The van der Waals surface area contributed by atoms with Crippen LogP contribution in [0.25, 0.3) is 5.57 Å². The molecule has 0 atom stereocenters. The van der Waals surface area contributed by atoms with Crippen molar-refractivity contribution in [1.29, 1.82) is 0 Å². The van der Waals surface area contributed by atoms with E-state index in [1.807, 2.05) is 0 Å². The fourth-order valence-electron chi connectivity index (χ4n) is 0.763. The Hall–Kier alpha value is -1.71. The molecule has 0 aromatic carbocycles. The normalized spacial score (nSPS) is 9.42. The topological polar surface area (TPSA) is 56.0 Å². The third kappa shape index (κ3) is 1.66. The van der Waals surface area contributed by atoms with Crippen molar-refractivity contribution in [3.05, 3.63) is 40.6 Å². The number of pyridine rings is 1. The summed E-state index contributed by atoms with van der Waals surface area (Å²) >= 11 is 0. The van der Waals surface area contributed by atoms with Crippen LogP contribution >= 0.6 is 0 Å². The van der Waals surface area contributed by atoms with E-state index in [4.69, 9.17) is 0 Å². The van der Waals surface area contributed by atoms with Gasteiger partial charge < -0.3 is 10.1 Å². The van der Waals surface area contributed by atoms with Crippen molar-refractivity contribution in [2.24, 2.45) is 0 Å². The third-order valence-electron chi connectivity index (χ3n) is 1.36. The Bertz CT molecular complexity index is 304. The van der Waals surface area contributed by atoms with Gasteiger partial charge in [-0.25, -0.2) is 0 Å². The number of hydrogen-bond acceptors (Lipinski definition) is 3. The van der Waals surface area contributed by atoms with Crippen LogP contribution in [0.3, 0.4) is 0 Å². The van der Waals surface area contributed by atoms with E-state index in [0.29, 0.717) is 5.69 Å². The largest absolute Gasteiger partial charge is 0.364 e. The first kappa shape index (κ1) is 8.39. The monoisotopic (exact) mass is 164 g/mol. The van der Waals surface area contributed by atoms with E-state index in [2.05, 4.69) is 11.6 Å². The second-order valence-electron chi connectivity index (χ2n) is 2.42. The number of nitro groups is 1. The number of hydrogen-bond donors (Lipinski definition) is 0. The summed E-state index contributed by atoms with van der Waals surface area (Å²) in [6, 6.07) is 4.64. The van der Waals surface area contributed by atoms with Crippen LogP contribution < -0.4 is 0 Å². The van der Waals surface area contributed by atoms with Crippen LogP contribution in [0.15, 0.2) is 24.8 Å². The summed E-state index contributed by atoms with van der Waals surface area (Å²) in [4.78, 5) is 13.5. The van der Waals surface area contributed by atoms with Crippen LogP contribution in [0.5, 0.6) is 0 Å². The molecule has 1 heterocycles. The SMILES string of the molecule is C=C(C)c1cccc([N+](=O)[O-])n1. The van der Waals surface area contributed by atoms with Crippen molar-refractivity contribution in [3.63, 3.8) is 0 Å². The van der Waals surface area contributed by atoms with Gasteiger partial charge in [-0.3, -0.25) is 0 Å². The van der Waals surface area contributed by atoms with E-state index in [9.17, 15) is 10.1 Å². The van der Waals surface area contributed by atoms with Gasteiger partial charge in [0, 0.05) is 6.07 Å². The van der Waals surface area contributed by atoms with Crippen LogP contribution in [0.1, 0.15) is 12.6 Å². The Morgan fingerprint density at radius 2 is 2.33 bits per heavy atom. The summed E-state index contributed by atoms with van der Waals surface area (Å²) < 4.78 is 0. The van der Waals surface area contributed by atoms with E-state index in [1.165, 1.54) is 6.07 Å². The number of nitrogens with zero attached hydrogens (tertiary/aromatic N) is 2. The summed E-state index contributed by atoms with van der Waals surface area (Å²) in [7, 11) is 0. The molecule has 0 aliphatic heterocycles. The Morgan fingerprint density at radius 1 is 1.67 bits per heavy atom. The first-order chi connectivity index (χ1) is 5.61. The zero-order valence-corrected chi connectivity index (χ0v) is 6.65. The molecule has 0 amide bonds. The zero-order chi connectivity index (χ0) is 9.14. The molecular formula is C8H8N2O2. The first-order valence-corrected chi connectivity index (χ1v) is 3.38. The van der Waals surface area contributed by atoms with Crippen LogP contribution in [0.2, 0.25) is 0 Å². The quantitative estimate of drug-likeness (QED) is 0.496. The zero-order valence-electron chi connectivity index (χ0n) is 6.65. The maximum absolute atomic E-state index is 10.3. The maximum atomic E-state index is 10.3. The van der Waals surface area contributed by atoms with Gasteiger partial charge in [-0.15, -0.1) is 0 Å². The second kappa shape index (κ2) is 3.13. The van der Waals surface area contributed by atoms with Crippen molar-refractivity contribution >= 4 is 11.4 Å². The second-order valence-corrected chi connectivity index (χ2v) is 2.42. The van der Waals surface area contributed by atoms with Gasteiger partial charge in [-0.05, 0) is 34.5 Å². The smallest absolute Gasteiger partial charge is 0.358 e. The van der Waals surface area contributed by atoms with Gasteiger partial charge in [0.1, 0.15) is 0 Å². The third-order valence-corrected chi connectivity index (χ3v) is 1.36. The molecule has 0 fully saturated rings. The lowest BCUT2D eigenvalue weighted by Crippen LogP contribution is -1.93. The summed E-state index contributed by atoms with van der Waals surface area (Å²) in [6.07, 6.45) is 0. The lowest BCUT2D eigenvalue weighted by Gasteiger charge is -1.93. The van der Waals surface area contributed by atoms with Crippen molar-refractivity contribution in [1.82, 2.24) is 4.98 Å². The Kier molecular flexibility index (Phi) is 2.19. The van der Waals surface area contributed by atoms with E-state index < -0.39 is 4.92 Å². The minimum Gasteiger partial charge on any atom is -0.358 e. The van der Waals surface area contributed by atoms with E-state index in [0.717, 1.165) is 5.57 Å². The summed E-state index contributed by atoms with van der Waals surface area (Å²) in [6.45, 7) is 5.40. The van der Waals surface area contributed by atoms with Crippen LogP contribution in [-0.2, 0) is 0 Å². The molecule has 0 saturated heterocycles. The van der Waals surface area contributed by atoms with Gasteiger partial charge in [0.2, 0.25) is 0 Å². The van der Waals surface area contributed by atoms with E-state index in [-0.39, 0.29) is 5.82 Å². The van der Waals surface area contributed by atoms with Crippen LogP contribution in [0, 0.1) is 10.1 Å². The maximum Gasteiger partial charge on any atom is 0.364 e. The highest BCUT2D eigenvalue weighted by Gasteiger charge is 2.08. The minimum atomic E-state index is -0.521. The molecule has 62 valence electrons. The molecule has 0 aliphatic rings. The summed E-state index contributed by atoms with van der Waals surface area (Å²) in [5, 5.41) is 10.3. The molecule has 1 aromatic heterocycles. The van der Waals surface area contributed by atoms with Crippen molar-refractivity contribution in [2.75, 3.05) is 0 Å². The summed E-state index contributed by atoms with van der Waals surface area (Å²) in [5.74, 6) is -0.143. The molecular weight excluding hydrogens is 156 g/mol. The highest BCUT2D eigenvalue weighted by atomic mass is 16.6. The van der Waals surface area contributed by atoms with Gasteiger partial charge in [0.15, 0.2) is 5.69 Å². The predicted octanol–water partition coefficient (Wildman–Crippen LogP) is 2.02. The fourth-order valence-corrected chi connectivity index (χ4v) is 0.763.